The van der Waals surface area contributed by atoms with E-state index in [2.05, 4.69) is 14.9 Å². The first-order valence-corrected chi connectivity index (χ1v) is 7.92. The molecule has 6 nitrogen and oxygen atoms in total. The Morgan fingerprint density at radius 2 is 2.23 bits per heavy atom. The van der Waals surface area contributed by atoms with Gasteiger partial charge in [-0.15, -0.1) is 5.10 Å². The maximum absolute atomic E-state index is 12.9. The van der Waals surface area contributed by atoms with Crippen molar-refractivity contribution in [1.82, 2.24) is 9.59 Å². The Bertz CT molecular complexity index is 728. The summed E-state index contributed by atoms with van der Waals surface area (Å²) < 4.78 is 3.88. The Morgan fingerprint density at radius 3 is 3.00 bits per heavy atom. The van der Waals surface area contributed by atoms with Crippen LogP contribution in [0.5, 0.6) is 0 Å². The summed E-state index contributed by atoms with van der Waals surface area (Å²) in [5.41, 5.74) is 2.06. The Hall–Kier alpha value is -2.28. The van der Waals surface area contributed by atoms with E-state index >= 15 is 0 Å². The van der Waals surface area contributed by atoms with Crippen molar-refractivity contribution in [2.45, 2.75) is 20.3 Å². The number of aryl methyl sites for hydroxylation is 1. The molecule has 0 spiro atoms. The van der Waals surface area contributed by atoms with Gasteiger partial charge in [-0.3, -0.25) is 9.59 Å². The van der Waals surface area contributed by atoms with E-state index in [1.165, 1.54) is 0 Å². The van der Waals surface area contributed by atoms with Crippen LogP contribution in [0, 0.1) is 5.92 Å². The van der Waals surface area contributed by atoms with Crippen LogP contribution in [-0.4, -0.2) is 27.9 Å². The molecule has 2 aromatic rings. The summed E-state index contributed by atoms with van der Waals surface area (Å²) in [4.78, 5) is 27.2. The zero-order valence-corrected chi connectivity index (χ0v) is 13.2. The van der Waals surface area contributed by atoms with Crippen LogP contribution < -0.4 is 10.2 Å². The summed E-state index contributed by atoms with van der Waals surface area (Å²) in [7, 11) is 0. The highest BCUT2D eigenvalue weighted by atomic mass is 32.1. The summed E-state index contributed by atoms with van der Waals surface area (Å²) >= 11 is 1.10. The number of hydrogen-bond acceptors (Lipinski definition) is 5. The molecule has 7 heteroatoms. The highest BCUT2D eigenvalue weighted by molar-refractivity contribution is 7.08. The topological polar surface area (TPSA) is 75.2 Å². The van der Waals surface area contributed by atoms with E-state index in [4.69, 9.17) is 0 Å². The SMILES string of the molecule is CCc1nnsc1C(=O)N1C[C@@H](C)C(=O)Nc2ccccc21. The van der Waals surface area contributed by atoms with E-state index in [-0.39, 0.29) is 17.7 Å². The number of para-hydroxylation sites is 2. The highest BCUT2D eigenvalue weighted by Gasteiger charge is 2.31. The van der Waals surface area contributed by atoms with Gasteiger partial charge in [0.15, 0.2) is 0 Å². The molecule has 1 aromatic carbocycles. The van der Waals surface area contributed by atoms with E-state index in [1.54, 1.807) is 11.0 Å². The van der Waals surface area contributed by atoms with E-state index in [0.29, 0.717) is 34.9 Å². The second kappa shape index (κ2) is 5.84. The van der Waals surface area contributed by atoms with Crippen LogP contribution in [0.4, 0.5) is 11.4 Å². The van der Waals surface area contributed by atoms with E-state index in [9.17, 15) is 9.59 Å². The number of anilines is 2. The average molecular weight is 316 g/mol. The minimum absolute atomic E-state index is 0.0825. The molecule has 0 saturated carbocycles. The van der Waals surface area contributed by atoms with Crippen LogP contribution in [0.3, 0.4) is 0 Å². The van der Waals surface area contributed by atoms with Crippen LogP contribution in [0.2, 0.25) is 0 Å². The number of nitrogens with zero attached hydrogens (tertiary/aromatic N) is 3. The van der Waals surface area contributed by atoms with Gasteiger partial charge < -0.3 is 10.2 Å². The molecule has 2 heterocycles. The molecule has 0 aliphatic carbocycles. The molecule has 0 radical (unpaired) electrons. The van der Waals surface area contributed by atoms with Crippen molar-refractivity contribution in [1.29, 1.82) is 0 Å². The Labute approximate surface area is 132 Å². The lowest BCUT2D eigenvalue weighted by molar-refractivity contribution is -0.119. The van der Waals surface area contributed by atoms with Crippen LogP contribution in [0.1, 0.15) is 29.2 Å². The number of nitrogens with one attached hydrogen (secondary N) is 1. The molecule has 22 heavy (non-hydrogen) atoms. The molecule has 2 amide bonds. The summed E-state index contributed by atoms with van der Waals surface area (Å²) in [6.07, 6.45) is 0.653. The van der Waals surface area contributed by atoms with Gasteiger partial charge >= 0.3 is 0 Å². The lowest BCUT2D eigenvalue weighted by atomic mass is 10.1. The van der Waals surface area contributed by atoms with Crippen molar-refractivity contribution >= 4 is 34.7 Å². The summed E-state index contributed by atoms with van der Waals surface area (Å²) in [6, 6.07) is 7.33. The number of aromatic nitrogens is 2. The average Bonchev–Trinajstić information content (AvgIpc) is 2.96. The normalized spacial score (nSPS) is 17.6. The first-order valence-electron chi connectivity index (χ1n) is 7.14. The molecular weight excluding hydrogens is 300 g/mol. The minimum Gasteiger partial charge on any atom is -0.324 e. The first kappa shape index (κ1) is 14.6. The number of carbonyl (C=O) groups excluding carboxylic acids is 2. The highest BCUT2D eigenvalue weighted by Crippen LogP contribution is 2.31. The van der Waals surface area contributed by atoms with Crippen LogP contribution in [0.25, 0.3) is 0 Å². The largest absolute Gasteiger partial charge is 0.324 e. The van der Waals surface area contributed by atoms with Crippen molar-refractivity contribution in [3.05, 3.63) is 34.8 Å². The third-order valence-electron chi connectivity index (χ3n) is 3.69. The van der Waals surface area contributed by atoms with Crippen LogP contribution in [0.15, 0.2) is 24.3 Å². The van der Waals surface area contributed by atoms with Crippen molar-refractivity contribution < 1.29 is 9.59 Å². The molecule has 1 aromatic heterocycles. The fraction of sp³-hybridized carbons (Fsp3) is 0.333. The smallest absolute Gasteiger partial charge is 0.272 e. The predicted octanol–water partition coefficient (Wildman–Crippen LogP) is 2.34. The molecule has 1 atom stereocenters. The minimum atomic E-state index is -0.290. The summed E-state index contributed by atoms with van der Waals surface area (Å²) in [5.74, 6) is -0.522. The lowest BCUT2D eigenvalue weighted by Crippen LogP contribution is -2.35. The number of rotatable bonds is 2. The Balaban J connectivity index is 2.05. The molecule has 0 saturated heterocycles. The zero-order chi connectivity index (χ0) is 15.7. The van der Waals surface area contributed by atoms with Gasteiger partial charge in [0, 0.05) is 6.54 Å². The summed E-state index contributed by atoms with van der Waals surface area (Å²) in [6.45, 7) is 4.09. The number of fused-ring (bicyclic) bond motifs is 1. The molecule has 1 aliphatic rings. The lowest BCUT2D eigenvalue weighted by Gasteiger charge is -2.23. The monoisotopic (exact) mass is 316 g/mol. The molecule has 0 bridgehead atoms. The van der Waals surface area contributed by atoms with Crippen molar-refractivity contribution in [2.24, 2.45) is 5.92 Å². The Kier molecular flexibility index (Phi) is 3.89. The molecule has 114 valence electrons. The van der Waals surface area contributed by atoms with Gasteiger partial charge in [0.05, 0.1) is 23.0 Å². The number of hydrogen-bond donors (Lipinski definition) is 1. The third kappa shape index (κ3) is 2.48. The molecular formula is C15H16N4O2S. The Morgan fingerprint density at radius 1 is 1.45 bits per heavy atom. The van der Waals surface area contributed by atoms with E-state index < -0.39 is 0 Å². The van der Waals surface area contributed by atoms with Crippen molar-refractivity contribution in [3.63, 3.8) is 0 Å². The van der Waals surface area contributed by atoms with Crippen LogP contribution >= 0.6 is 11.5 Å². The molecule has 3 rings (SSSR count). The van der Waals surface area contributed by atoms with Gasteiger partial charge in [-0.1, -0.05) is 30.5 Å². The molecule has 1 aliphatic heterocycles. The van der Waals surface area contributed by atoms with Crippen LogP contribution in [-0.2, 0) is 11.2 Å². The number of amides is 2. The molecule has 0 fully saturated rings. The second-order valence-corrected chi connectivity index (χ2v) is 5.98. The quantitative estimate of drug-likeness (QED) is 0.922. The van der Waals surface area contributed by atoms with Crippen molar-refractivity contribution in [2.75, 3.05) is 16.8 Å². The fourth-order valence-electron chi connectivity index (χ4n) is 2.44. The van der Waals surface area contributed by atoms with Crippen molar-refractivity contribution in [3.8, 4) is 0 Å². The third-order valence-corrected chi connectivity index (χ3v) is 4.44. The number of carbonyl (C=O) groups is 2. The first-order chi connectivity index (χ1) is 10.6. The molecule has 1 N–H and O–H groups in total. The molecule has 0 unspecified atom stereocenters. The zero-order valence-electron chi connectivity index (χ0n) is 12.4. The van der Waals surface area contributed by atoms with E-state index in [0.717, 1.165) is 11.5 Å². The maximum atomic E-state index is 12.9. The number of benzene rings is 1. The second-order valence-electron chi connectivity index (χ2n) is 5.23. The van der Waals surface area contributed by atoms with Gasteiger partial charge in [-0.25, -0.2) is 0 Å². The van der Waals surface area contributed by atoms with Gasteiger partial charge in [-0.2, -0.15) is 0 Å². The van der Waals surface area contributed by atoms with Gasteiger partial charge in [-0.05, 0) is 30.1 Å². The summed E-state index contributed by atoms with van der Waals surface area (Å²) in [5, 5.41) is 6.87. The van der Waals surface area contributed by atoms with E-state index in [1.807, 2.05) is 32.0 Å². The van der Waals surface area contributed by atoms with Gasteiger partial charge in [0.1, 0.15) is 4.88 Å². The maximum Gasteiger partial charge on any atom is 0.272 e. The van der Waals surface area contributed by atoms with Gasteiger partial charge in [0.2, 0.25) is 5.91 Å². The predicted molar refractivity (Wildman–Crippen MR) is 85.2 cm³/mol. The van der Waals surface area contributed by atoms with Gasteiger partial charge in [0.25, 0.3) is 5.91 Å². The standard InChI is InChI=1S/C15H16N4O2S/c1-3-10-13(22-18-17-10)15(21)19-8-9(2)14(20)16-11-6-4-5-7-12(11)19/h4-7,9H,3,8H2,1-2H3,(H,16,20)/t9-/m1/s1. The fourth-order valence-corrected chi connectivity index (χ4v) is 3.14.